The van der Waals surface area contributed by atoms with Crippen LogP contribution in [-0.2, 0) is 22.4 Å². The van der Waals surface area contributed by atoms with Crippen molar-refractivity contribution in [2.75, 3.05) is 19.7 Å². The molecule has 1 aromatic rings. The molecule has 2 rings (SSSR count). The Balaban J connectivity index is 1.88. The zero-order valence-corrected chi connectivity index (χ0v) is 16.3. The fourth-order valence-corrected chi connectivity index (χ4v) is 2.66. The molecule has 2 N–H and O–H groups in total. The number of hydrogen-bond donors (Lipinski definition) is 2. The molecule has 0 atom stereocenters. The predicted molar refractivity (Wildman–Crippen MR) is 97.0 cm³/mol. The van der Waals surface area contributed by atoms with E-state index in [-0.39, 0.29) is 18.1 Å². The first-order valence-electron chi connectivity index (χ1n) is 9.11. The molecule has 146 valence electrons. The number of aromatic nitrogens is 2. The summed E-state index contributed by atoms with van der Waals surface area (Å²) in [4.78, 5) is 26.2. The van der Waals surface area contributed by atoms with Crippen LogP contribution in [0.4, 0.5) is 4.79 Å². The van der Waals surface area contributed by atoms with E-state index in [4.69, 9.17) is 9.47 Å². The van der Waals surface area contributed by atoms with Crippen molar-refractivity contribution in [1.82, 2.24) is 20.4 Å². The molecule has 0 saturated heterocycles. The lowest BCUT2D eigenvalue weighted by atomic mass is 10.0. The molecule has 1 aliphatic heterocycles. The monoisotopic (exact) mass is 366 g/mol. The van der Waals surface area contributed by atoms with Crippen LogP contribution >= 0.6 is 0 Å². The zero-order valence-electron chi connectivity index (χ0n) is 16.3. The molecule has 8 heteroatoms. The second-order valence-corrected chi connectivity index (χ2v) is 7.71. The molecular weight excluding hydrogens is 336 g/mol. The van der Waals surface area contributed by atoms with Crippen molar-refractivity contribution in [1.29, 1.82) is 0 Å². The Kier molecular flexibility index (Phi) is 6.63. The minimum Gasteiger partial charge on any atom is -0.444 e. The number of H-pyrrole nitrogens is 1. The van der Waals surface area contributed by atoms with E-state index in [1.165, 1.54) is 0 Å². The molecule has 8 nitrogen and oxygen atoms in total. The van der Waals surface area contributed by atoms with Gasteiger partial charge in [0, 0.05) is 25.3 Å². The molecule has 26 heavy (non-hydrogen) atoms. The van der Waals surface area contributed by atoms with Gasteiger partial charge in [0.2, 0.25) is 0 Å². The van der Waals surface area contributed by atoms with Gasteiger partial charge in [-0.05, 0) is 47.5 Å². The number of rotatable bonds is 6. The van der Waals surface area contributed by atoms with Gasteiger partial charge in [-0.2, -0.15) is 5.10 Å². The molecule has 0 radical (unpaired) electrons. The van der Waals surface area contributed by atoms with Crippen molar-refractivity contribution >= 4 is 12.0 Å². The molecular formula is C18H30N4O4. The maximum Gasteiger partial charge on any atom is 0.410 e. The van der Waals surface area contributed by atoms with Crippen molar-refractivity contribution in [3.05, 3.63) is 17.0 Å². The highest BCUT2D eigenvalue weighted by Gasteiger charge is 2.29. The normalized spacial score (nSPS) is 14.3. The van der Waals surface area contributed by atoms with Crippen LogP contribution in [0.25, 0.3) is 0 Å². The van der Waals surface area contributed by atoms with Gasteiger partial charge in [-0.1, -0.05) is 0 Å². The van der Waals surface area contributed by atoms with Gasteiger partial charge < -0.3 is 19.7 Å². The van der Waals surface area contributed by atoms with Crippen LogP contribution in [0.3, 0.4) is 0 Å². The highest BCUT2D eigenvalue weighted by atomic mass is 16.6. The Morgan fingerprint density at radius 3 is 2.73 bits per heavy atom. The average Bonchev–Trinajstić information content (AvgIpc) is 2.95. The second-order valence-electron chi connectivity index (χ2n) is 7.71. The van der Waals surface area contributed by atoms with Crippen LogP contribution in [0.15, 0.2) is 0 Å². The SMILES string of the molecule is CC(C)OCCCNC(=O)c1n[nH]c2c1CCN(C(=O)OC(C)(C)C)C2. The third-order valence-corrected chi connectivity index (χ3v) is 3.86. The van der Waals surface area contributed by atoms with Gasteiger partial charge in [-0.15, -0.1) is 0 Å². The van der Waals surface area contributed by atoms with Crippen molar-refractivity contribution in [3.8, 4) is 0 Å². The lowest BCUT2D eigenvalue weighted by Gasteiger charge is -2.29. The first kappa shape index (κ1) is 20.2. The van der Waals surface area contributed by atoms with E-state index in [1.807, 2.05) is 34.6 Å². The van der Waals surface area contributed by atoms with Gasteiger partial charge in [0.1, 0.15) is 5.60 Å². The van der Waals surface area contributed by atoms with E-state index in [9.17, 15) is 9.59 Å². The summed E-state index contributed by atoms with van der Waals surface area (Å²) in [6, 6.07) is 0. The quantitative estimate of drug-likeness (QED) is 0.753. The highest BCUT2D eigenvalue weighted by molar-refractivity contribution is 5.94. The van der Waals surface area contributed by atoms with E-state index in [0.29, 0.717) is 38.4 Å². The minimum atomic E-state index is -0.532. The van der Waals surface area contributed by atoms with Gasteiger partial charge in [0.15, 0.2) is 5.69 Å². The van der Waals surface area contributed by atoms with Crippen molar-refractivity contribution < 1.29 is 19.1 Å². The summed E-state index contributed by atoms with van der Waals surface area (Å²) >= 11 is 0. The lowest BCUT2D eigenvalue weighted by Crippen LogP contribution is -2.40. The summed E-state index contributed by atoms with van der Waals surface area (Å²) < 4.78 is 10.9. The zero-order chi connectivity index (χ0) is 19.3. The lowest BCUT2D eigenvalue weighted by molar-refractivity contribution is 0.0221. The second kappa shape index (κ2) is 8.53. The molecule has 2 heterocycles. The Bertz CT molecular complexity index is 634. The molecule has 0 bridgehead atoms. The maximum absolute atomic E-state index is 12.3. The minimum absolute atomic E-state index is 0.192. The third-order valence-electron chi connectivity index (χ3n) is 3.86. The molecule has 1 aliphatic rings. The average molecular weight is 366 g/mol. The maximum atomic E-state index is 12.3. The van der Waals surface area contributed by atoms with Crippen LogP contribution in [0.5, 0.6) is 0 Å². The Hall–Kier alpha value is -2.09. The number of fused-ring (bicyclic) bond motifs is 1. The number of aromatic amines is 1. The summed E-state index contributed by atoms with van der Waals surface area (Å²) in [6.45, 7) is 11.5. The largest absolute Gasteiger partial charge is 0.444 e. The van der Waals surface area contributed by atoms with Gasteiger partial charge in [-0.25, -0.2) is 4.79 Å². The Morgan fingerprint density at radius 2 is 2.08 bits per heavy atom. The van der Waals surface area contributed by atoms with Crippen molar-refractivity contribution in [2.24, 2.45) is 0 Å². The van der Waals surface area contributed by atoms with E-state index >= 15 is 0 Å². The van der Waals surface area contributed by atoms with Gasteiger partial charge in [0.05, 0.1) is 18.3 Å². The van der Waals surface area contributed by atoms with Gasteiger partial charge in [0.25, 0.3) is 5.91 Å². The number of nitrogens with zero attached hydrogens (tertiary/aromatic N) is 2. The third kappa shape index (κ3) is 5.72. The topological polar surface area (TPSA) is 96.5 Å². The number of hydrogen-bond acceptors (Lipinski definition) is 5. The standard InChI is InChI=1S/C18H30N4O4/c1-12(2)25-10-6-8-19-16(23)15-13-7-9-22(11-14(13)20-21-15)17(24)26-18(3,4)5/h12H,6-11H2,1-5H3,(H,19,23)(H,20,21). The molecule has 0 aliphatic carbocycles. The summed E-state index contributed by atoms with van der Waals surface area (Å²) in [6.07, 6.45) is 1.17. The number of carbonyl (C=O) groups excluding carboxylic acids is 2. The van der Waals surface area contributed by atoms with Gasteiger partial charge >= 0.3 is 6.09 Å². The first-order valence-corrected chi connectivity index (χ1v) is 9.11. The Labute approximate surface area is 154 Å². The van der Waals surface area contributed by atoms with Crippen LogP contribution in [0, 0.1) is 0 Å². The summed E-state index contributed by atoms with van der Waals surface area (Å²) in [5.41, 5.74) is 1.54. The molecule has 0 aromatic carbocycles. The summed E-state index contributed by atoms with van der Waals surface area (Å²) in [7, 11) is 0. The predicted octanol–water partition coefficient (Wildman–Crippen LogP) is 2.25. The smallest absolute Gasteiger partial charge is 0.410 e. The fourth-order valence-electron chi connectivity index (χ4n) is 2.66. The van der Waals surface area contributed by atoms with E-state index in [2.05, 4.69) is 15.5 Å². The number of nitrogens with one attached hydrogen (secondary N) is 2. The Morgan fingerprint density at radius 1 is 1.35 bits per heavy atom. The molecule has 0 fully saturated rings. The van der Waals surface area contributed by atoms with Crippen molar-refractivity contribution in [3.63, 3.8) is 0 Å². The van der Waals surface area contributed by atoms with Crippen LogP contribution in [0.2, 0.25) is 0 Å². The number of ether oxygens (including phenoxy) is 2. The van der Waals surface area contributed by atoms with E-state index in [0.717, 1.165) is 17.7 Å². The number of carbonyl (C=O) groups is 2. The molecule has 0 saturated carbocycles. The van der Waals surface area contributed by atoms with Crippen molar-refractivity contribution in [2.45, 2.75) is 65.7 Å². The fraction of sp³-hybridized carbons (Fsp3) is 0.722. The van der Waals surface area contributed by atoms with E-state index in [1.54, 1.807) is 4.90 Å². The van der Waals surface area contributed by atoms with Gasteiger partial charge in [-0.3, -0.25) is 9.89 Å². The summed E-state index contributed by atoms with van der Waals surface area (Å²) in [5.74, 6) is -0.197. The van der Waals surface area contributed by atoms with Crippen LogP contribution < -0.4 is 5.32 Å². The first-order chi connectivity index (χ1) is 12.2. The molecule has 0 unspecified atom stereocenters. The molecule has 0 spiro atoms. The number of amides is 2. The summed E-state index contributed by atoms with van der Waals surface area (Å²) in [5, 5.41) is 9.90. The van der Waals surface area contributed by atoms with Crippen LogP contribution in [-0.4, -0.2) is 58.5 Å². The van der Waals surface area contributed by atoms with E-state index < -0.39 is 5.60 Å². The molecule has 1 aromatic heterocycles. The highest BCUT2D eigenvalue weighted by Crippen LogP contribution is 2.22. The molecule has 2 amide bonds. The van der Waals surface area contributed by atoms with Crippen LogP contribution in [0.1, 0.15) is 62.8 Å².